The average Bonchev–Trinajstić information content (AvgIpc) is 2.85. The van der Waals surface area contributed by atoms with Crippen molar-refractivity contribution in [3.8, 4) is 0 Å². The molecule has 1 saturated heterocycles. The van der Waals surface area contributed by atoms with Crippen LogP contribution in [0.3, 0.4) is 0 Å². The molecule has 3 amide bonds. The summed E-state index contributed by atoms with van der Waals surface area (Å²) in [6, 6.07) is 9.75. The van der Waals surface area contributed by atoms with Crippen LogP contribution >= 0.6 is 23.2 Å². The predicted octanol–water partition coefficient (Wildman–Crippen LogP) is 4.84. The maximum atomic E-state index is 13.2. The van der Waals surface area contributed by atoms with Crippen molar-refractivity contribution in [2.24, 2.45) is 5.92 Å². The summed E-state index contributed by atoms with van der Waals surface area (Å²) >= 11 is 12.2. The van der Waals surface area contributed by atoms with E-state index in [9.17, 15) is 18.8 Å². The van der Waals surface area contributed by atoms with Gasteiger partial charge in [0.25, 0.3) is 11.8 Å². The normalized spacial score (nSPS) is 22.4. The van der Waals surface area contributed by atoms with Crippen molar-refractivity contribution >= 4 is 40.9 Å². The molecule has 1 aliphatic carbocycles. The van der Waals surface area contributed by atoms with E-state index in [-0.39, 0.29) is 40.7 Å². The molecule has 0 aromatic heterocycles. The molecular weight excluding hydrogens is 492 g/mol. The summed E-state index contributed by atoms with van der Waals surface area (Å²) in [6.07, 6.45) is 4.82. The fourth-order valence-electron chi connectivity index (χ4n) is 4.84. The zero-order valence-corrected chi connectivity index (χ0v) is 20.7. The minimum Gasteiger partial charge on any atom is -0.351 e. The summed E-state index contributed by atoms with van der Waals surface area (Å²) in [5.41, 5.74) is 0.748. The maximum Gasteiger partial charge on any atom is 0.255 e. The molecule has 1 aliphatic heterocycles. The smallest absolute Gasteiger partial charge is 0.255 e. The minimum absolute atomic E-state index is 0.113. The van der Waals surface area contributed by atoms with Gasteiger partial charge in [0.15, 0.2) is 0 Å². The van der Waals surface area contributed by atoms with Gasteiger partial charge < -0.3 is 15.5 Å². The van der Waals surface area contributed by atoms with Crippen LogP contribution in [0.1, 0.15) is 59.2 Å². The molecule has 2 N–H and O–H groups in total. The van der Waals surface area contributed by atoms with E-state index in [2.05, 4.69) is 10.6 Å². The number of nitrogens with one attached hydrogen (secondary N) is 2. The molecule has 2 fully saturated rings. The number of likely N-dealkylation sites (tertiary alicyclic amines) is 1. The first kappa shape index (κ1) is 25.5. The molecule has 1 heterocycles. The summed E-state index contributed by atoms with van der Waals surface area (Å²) in [5.74, 6) is -1.36. The van der Waals surface area contributed by atoms with Crippen LogP contribution in [0.5, 0.6) is 0 Å². The number of hydrogen-bond acceptors (Lipinski definition) is 3. The number of rotatable bonds is 5. The molecule has 0 radical (unpaired) electrons. The topological polar surface area (TPSA) is 78.5 Å². The lowest BCUT2D eigenvalue weighted by Crippen LogP contribution is -2.55. The molecule has 4 rings (SSSR count). The summed E-state index contributed by atoms with van der Waals surface area (Å²) < 4.78 is 13.2. The van der Waals surface area contributed by atoms with Crippen LogP contribution in [-0.4, -0.2) is 47.8 Å². The van der Waals surface area contributed by atoms with Crippen LogP contribution in [-0.2, 0) is 4.79 Å². The Morgan fingerprint density at radius 1 is 0.886 bits per heavy atom. The second-order valence-corrected chi connectivity index (χ2v) is 10.0. The third kappa shape index (κ3) is 6.33. The van der Waals surface area contributed by atoms with Gasteiger partial charge in [-0.1, -0.05) is 36.0 Å². The average molecular weight is 520 g/mol. The third-order valence-corrected chi connectivity index (χ3v) is 7.31. The van der Waals surface area contributed by atoms with E-state index in [4.69, 9.17) is 23.2 Å². The van der Waals surface area contributed by atoms with Gasteiger partial charge in [-0.2, -0.15) is 0 Å². The molecule has 186 valence electrons. The van der Waals surface area contributed by atoms with E-state index in [0.717, 1.165) is 25.7 Å². The van der Waals surface area contributed by atoms with Crippen LogP contribution in [0.15, 0.2) is 42.5 Å². The van der Waals surface area contributed by atoms with Gasteiger partial charge in [0.05, 0.1) is 16.5 Å². The van der Waals surface area contributed by atoms with E-state index < -0.39 is 5.82 Å². The summed E-state index contributed by atoms with van der Waals surface area (Å²) in [7, 11) is 0. The lowest BCUT2D eigenvalue weighted by atomic mass is 9.88. The standard InChI is InChI=1S/C26H28Cl2FN3O3/c27-18-9-12-20(21(28)14-18)26(35)32-13-3-4-17(15-32)25(34)31-23-6-2-1-5-22(23)30-24(33)16-7-10-19(29)11-8-16/h7-12,14,17,22-23H,1-6,13,15H2,(H,30,33)(H,31,34)/t17?,22-,23-/m1/s1. The molecule has 1 saturated carbocycles. The lowest BCUT2D eigenvalue weighted by Gasteiger charge is -2.36. The summed E-state index contributed by atoms with van der Waals surface area (Å²) in [6.45, 7) is 0.865. The first-order valence-corrected chi connectivity index (χ1v) is 12.7. The first-order chi connectivity index (χ1) is 16.8. The highest BCUT2D eigenvalue weighted by atomic mass is 35.5. The van der Waals surface area contributed by atoms with Crippen molar-refractivity contribution in [3.05, 3.63) is 69.5 Å². The van der Waals surface area contributed by atoms with E-state index >= 15 is 0 Å². The molecule has 2 aromatic carbocycles. The highest BCUT2D eigenvalue weighted by Crippen LogP contribution is 2.26. The number of halogens is 3. The molecule has 6 nitrogen and oxygen atoms in total. The monoisotopic (exact) mass is 519 g/mol. The number of hydrogen-bond donors (Lipinski definition) is 2. The Balaban J connectivity index is 1.37. The van der Waals surface area contributed by atoms with Crippen LogP contribution in [0.4, 0.5) is 4.39 Å². The molecule has 3 atom stereocenters. The fourth-order valence-corrected chi connectivity index (χ4v) is 5.33. The number of carbonyl (C=O) groups is 3. The highest BCUT2D eigenvalue weighted by Gasteiger charge is 2.33. The van der Waals surface area contributed by atoms with Crippen LogP contribution in [0.2, 0.25) is 10.0 Å². The number of piperidine rings is 1. The van der Waals surface area contributed by atoms with Crippen molar-refractivity contribution in [2.75, 3.05) is 13.1 Å². The van der Waals surface area contributed by atoms with Gasteiger partial charge >= 0.3 is 0 Å². The minimum atomic E-state index is -0.400. The van der Waals surface area contributed by atoms with Crippen molar-refractivity contribution in [1.82, 2.24) is 15.5 Å². The zero-order valence-electron chi connectivity index (χ0n) is 19.2. The number of nitrogens with zero attached hydrogens (tertiary/aromatic N) is 1. The summed E-state index contributed by atoms with van der Waals surface area (Å²) in [5, 5.41) is 6.88. The molecular formula is C26H28Cl2FN3O3. The maximum absolute atomic E-state index is 13.2. The Bertz CT molecular complexity index is 1100. The molecule has 0 spiro atoms. The van der Waals surface area contributed by atoms with Crippen LogP contribution < -0.4 is 10.6 Å². The second kappa shape index (κ2) is 11.4. The van der Waals surface area contributed by atoms with Gasteiger partial charge in [-0.05, 0) is 68.1 Å². The molecule has 9 heteroatoms. The Morgan fingerprint density at radius 2 is 1.57 bits per heavy atom. The van der Waals surface area contributed by atoms with Gasteiger partial charge in [-0.25, -0.2) is 4.39 Å². The third-order valence-electron chi connectivity index (χ3n) is 6.76. The fraction of sp³-hybridized carbons (Fsp3) is 0.423. The molecule has 35 heavy (non-hydrogen) atoms. The number of benzene rings is 2. The number of amides is 3. The van der Waals surface area contributed by atoms with Gasteiger partial charge in [0.1, 0.15) is 5.82 Å². The van der Waals surface area contributed by atoms with E-state index in [0.29, 0.717) is 42.1 Å². The first-order valence-electron chi connectivity index (χ1n) is 11.9. The Kier molecular flexibility index (Phi) is 8.29. The quantitative estimate of drug-likeness (QED) is 0.592. The Labute approximate surface area is 214 Å². The van der Waals surface area contributed by atoms with Crippen molar-refractivity contribution in [3.63, 3.8) is 0 Å². The van der Waals surface area contributed by atoms with E-state index in [1.54, 1.807) is 17.0 Å². The van der Waals surface area contributed by atoms with Crippen LogP contribution in [0, 0.1) is 11.7 Å². The molecule has 0 bridgehead atoms. The Morgan fingerprint density at radius 3 is 2.26 bits per heavy atom. The molecule has 2 aromatic rings. The van der Waals surface area contributed by atoms with Crippen molar-refractivity contribution in [1.29, 1.82) is 0 Å². The second-order valence-electron chi connectivity index (χ2n) is 9.20. The SMILES string of the molecule is O=C(N[C@@H]1CCCC[C@H]1NC(=O)C1CCCN(C(=O)c2ccc(Cl)cc2Cl)C1)c1ccc(F)cc1. The predicted molar refractivity (Wildman–Crippen MR) is 133 cm³/mol. The van der Waals surface area contributed by atoms with Crippen molar-refractivity contribution < 1.29 is 18.8 Å². The van der Waals surface area contributed by atoms with Gasteiger partial charge in [-0.15, -0.1) is 0 Å². The van der Waals surface area contributed by atoms with Gasteiger partial charge in [0.2, 0.25) is 5.91 Å². The molecule has 1 unspecified atom stereocenters. The lowest BCUT2D eigenvalue weighted by molar-refractivity contribution is -0.127. The summed E-state index contributed by atoms with van der Waals surface area (Å²) in [4.78, 5) is 40.5. The highest BCUT2D eigenvalue weighted by molar-refractivity contribution is 6.36. The van der Waals surface area contributed by atoms with Gasteiger partial charge in [-0.3, -0.25) is 14.4 Å². The van der Waals surface area contributed by atoms with E-state index in [1.165, 1.54) is 30.3 Å². The van der Waals surface area contributed by atoms with E-state index in [1.807, 2.05) is 0 Å². The zero-order chi connectivity index (χ0) is 24.9. The number of carbonyl (C=O) groups excluding carboxylic acids is 3. The van der Waals surface area contributed by atoms with Gasteiger partial charge in [0, 0.05) is 35.8 Å². The van der Waals surface area contributed by atoms with Crippen molar-refractivity contribution in [2.45, 2.75) is 50.6 Å². The van der Waals surface area contributed by atoms with Crippen LogP contribution in [0.25, 0.3) is 0 Å². The Hall–Kier alpha value is -2.64. The largest absolute Gasteiger partial charge is 0.351 e. The molecule has 2 aliphatic rings.